The number of para-hydroxylation sites is 1. The normalized spacial score (nSPS) is 12.9. The highest BCUT2D eigenvalue weighted by Crippen LogP contribution is 2.42. The maximum Gasteiger partial charge on any atom is 0.123 e. The van der Waals surface area contributed by atoms with Crippen LogP contribution in [0.2, 0.25) is 0 Å². The number of benzene rings is 2. The summed E-state index contributed by atoms with van der Waals surface area (Å²) in [4.78, 5) is 0. The molecule has 4 rings (SSSR count). The van der Waals surface area contributed by atoms with Gasteiger partial charge in [0, 0.05) is 23.9 Å². The fourth-order valence-corrected chi connectivity index (χ4v) is 3.79. The Morgan fingerprint density at radius 1 is 1.04 bits per heavy atom. The highest BCUT2D eigenvalue weighted by molar-refractivity contribution is 7.99. The first-order valence-corrected chi connectivity index (χ1v) is 8.94. The third kappa shape index (κ3) is 2.23. The Hall–Kier alpha value is -2.27. The molecule has 0 fully saturated rings. The topological polar surface area (TPSA) is 34.0 Å². The van der Waals surface area contributed by atoms with E-state index in [1.54, 1.807) is 11.9 Å². The quantitative estimate of drug-likeness (QED) is 0.661. The number of aromatic nitrogens is 3. The van der Waals surface area contributed by atoms with E-state index in [9.17, 15) is 0 Å². The molecule has 23 heavy (non-hydrogen) atoms. The van der Waals surface area contributed by atoms with Crippen LogP contribution in [-0.2, 0) is 13.1 Å². The van der Waals surface area contributed by atoms with Crippen LogP contribution in [0.3, 0.4) is 0 Å². The number of hydrogen-bond donors (Lipinski definition) is 0. The Kier molecular flexibility index (Phi) is 3.58. The molecule has 0 aliphatic carbocycles. The highest BCUT2D eigenvalue weighted by Gasteiger charge is 2.25. The summed E-state index contributed by atoms with van der Waals surface area (Å²) < 4.78 is 4.32. The van der Waals surface area contributed by atoms with E-state index >= 15 is 0 Å². The smallest absolute Gasteiger partial charge is 0.123 e. The average molecular weight is 322 g/mol. The van der Waals surface area contributed by atoms with Gasteiger partial charge >= 0.3 is 0 Å². The molecule has 116 valence electrons. The van der Waals surface area contributed by atoms with Crippen LogP contribution in [0.5, 0.6) is 0 Å². The first-order valence-electron chi connectivity index (χ1n) is 7.76. The molecule has 3 aromatic rings. The standard InChI is InChI=1S/C18H18N4S/c1-3-21-18-14-9-5-4-8-13(14)12-22(23-2)16-11-7-6-10-15(16)17(18)19-20-21/h4-11H,3,12H2,1-2H3. The lowest BCUT2D eigenvalue weighted by Gasteiger charge is -2.27. The van der Waals surface area contributed by atoms with Gasteiger partial charge in [-0.1, -0.05) is 59.6 Å². The number of nitrogens with zero attached hydrogens (tertiary/aromatic N) is 4. The van der Waals surface area contributed by atoms with Crippen molar-refractivity contribution in [3.63, 3.8) is 0 Å². The number of anilines is 1. The van der Waals surface area contributed by atoms with Crippen LogP contribution < -0.4 is 4.31 Å². The Morgan fingerprint density at radius 2 is 1.78 bits per heavy atom. The van der Waals surface area contributed by atoms with Crippen molar-refractivity contribution in [2.45, 2.75) is 20.0 Å². The van der Waals surface area contributed by atoms with E-state index in [-0.39, 0.29) is 0 Å². The zero-order chi connectivity index (χ0) is 15.8. The second-order valence-electron chi connectivity index (χ2n) is 5.50. The van der Waals surface area contributed by atoms with Gasteiger partial charge in [-0.15, -0.1) is 5.10 Å². The molecule has 0 amide bonds. The lowest BCUT2D eigenvalue weighted by Crippen LogP contribution is -2.17. The maximum absolute atomic E-state index is 4.52. The van der Waals surface area contributed by atoms with Crippen molar-refractivity contribution in [3.8, 4) is 22.5 Å². The minimum atomic E-state index is 0.811. The summed E-state index contributed by atoms with van der Waals surface area (Å²) >= 11 is 1.74. The van der Waals surface area contributed by atoms with Gasteiger partial charge in [-0.3, -0.25) is 0 Å². The average Bonchev–Trinajstić information content (AvgIpc) is 3.02. The molecule has 0 radical (unpaired) electrons. The molecule has 2 heterocycles. The van der Waals surface area contributed by atoms with Crippen LogP contribution in [0.1, 0.15) is 12.5 Å². The zero-order valence-corrected chi connectivity index (χ0v) is 14.0. The van der Waals surface area contributed by atoms with Crippen LogP contribution in [0.15, 0.2) is 48.5 Å². The van der Waals surface area contributed by atoms with E-state index in [0.717, 1.165) is 30.0 Å². The monoisotopic (exact) mass is 322 g/mol. The Bertz CT molecular complexity index is 856. The maximum atomic E-state index is 4.52. The second kappa shape index (κ2) is 5.74. The van der Waals surface area contributed by atoms with Gasteiger partial charge in [0.2, 0.25) is 0 Å². The van der Waals surface area contributed by atoms with Gasteiger partial charge < -0.3 is 4.31 Å². The van der Waals surface area contributed by atoms with Crippen molar-refractivity contribution in [2.75, 3.05) is 10.6 Å². The Balaban J connectivity index is 2.08. The summed E-state index contributed by atoms with van der Waals surface area (Å²) in [5, 5.41) is 8.90. The molecule has 0 saturated carbocycles. The summed E-state index contributed by atoms with van der Waals surface area (Å²) in [7, 11) is 0. The molecule has 0 unspecified atom stereocenters. The number of hydrogen-bond acceptors (Lipinski definition) is 4. The van der Waals surface area contributed by atoms with Crippen LogP contribution in [0.25, 0.3) is 22.5 Å². The predicted octanol–water partition coefficient (Wildman–Crippen LogP) is 4.23. The molecule has 0 saturated heterocycles. The number of aryl methyl sites for hydroxylation is 1. The lowest BCUT2D eigenvalue weighted by molar-refractivity contribution is 0.632. The van der Waals surface area contributed by atoms with Gasteiger partial charge in [-0.05, 0) is 18.6 Å². The number of fused-ring (bicyclic) bond motifs is 5. The van der Waals surface area contributed by atoms with Crippen molar-refractivity contribution in [2.24, 2.45) is 0 Å². The highest BCUT2D eigenvalue weighted by atomic mass is 32.2. The van der Waals surface area contributed by atoms with Crippen LogP contribution in [0.4, 0.5) is 5.69 Å². The fourth-order valence-electron chi connectivity index (χ4n) is 3.17. The molecular formula is C18H18N4S. The van der Waals surface area contributed by atoms with Gasteiger partial charge in [0.15, 0.2) is 0 Å². The molecule has 0 bridgehead atoms. The summed E-state index contributed by atoms with van der Waals surface area (Å²) in [5.41, 5.74) is 6.95. The molecule has 0 N–H and O–H groups in total. The lowest BCUT2D eigenvalue weighted by atomic mass is 9.96. The van der Waals surface area contributed by atoms with Crippen LogP contribution >= 0.6 is 11.9 Å². The van der Waals surface area contributed by atoms with Gasteiger partial charge in [-0.2, -0.15) is 0 Å². The second-order valence-corrected chi connectivity index (χ2v) is 6.30. The SMILES string of the molecule is CCn1nnc2c1-c1ccccc1CN(SC)c1ccccc1-2. The van der Waals surface area contributed by atoms with E-state index in [0.29, 0.717) is 0 Å². The summed E-state index contributed by atoms with van der Waals surface area (Å²) in [6.07, 6.45) is 2.12. The minimum Gasteiger partial charge on any atom is -0.311 e. The van der Waals surface area contributed by atoms with E-state index in [1.807, 2.05) is 4.68 Å². The van der Waals surface area contributed by atoms with Gasteiger partial charge in [0.25, 0.3) is 0 Å². The first-order chi connectivity index (χ1) is 11.3. The van der Waals surface area contributed by atoms with Gasteiger partial charge in [0.05, 0.1) is 17.9 Å². The minimum absolute atomic E-state index is 0.811. The summed E-state index contributed by atoms with van der Waals surface area (Å²) in [6, 6.07) is 17.0. The Morgan fingerprint density at radius 3 is 2.57 bits per heavy atom. The van der Waals surface area contributed by atoms with E-state index in [4.69, 9.17) is 0 Å². The molecule has 1 aliphatic heterocycles. The first kappa shape index (κ1) is 14.3. The van der Waals surface area contributed by atoms with Crippen LogP contribution in [0, 0.1) is 0 Å². The largest absolute Gasteiger partial charge is 0.311 e. The predicted molar refractivity (Wildman–Crippen MR) is 96.3 cm³/mol. The van der Waals surface area contributed by atoms with Crippen molar-refractivity contribution in [3.05, 3.63) is 54.1 Å². The summed E-state index contributed by atoms with van der Waals surface area (Å²) in [5.74, 6) is 0. The number of rotatable bonds is 2. The van der Waals surface area contributed by atoms with Crippen LogP contribution in [-0.4, -0.2) is 21.2 Å². The molecule has 5 heteroatoms. The zero-order valence-electron chi connectivity index (χ0n) is 13.2. The molecule has 1 aromatic heterocycles. The van der Waals surface area contributed by atoms with E-state index in [1.165, 1.54) is 16.8 Å². The van der Waals surface area contributed by atoms with Crippen molar-refractivity contribution in [1.29, 1.82) is 0 Å². The van der Waals surface area contributed by atoms with Gasteiger partial charge in [0.1, 0.15) is 5.69 Å². The van der Waals surface area contributed by atoms with Crippen molar-refractivity contribution in [1.82, 2.24) is 15.0 Å². The van der Waals surface area contributed by atoms with Crippen molar-refractivity contribution >= 4 is 17.6 Å². The summed E-state index contributed by atoms with van der Waals surface area (Å²) in [6.45, 7) is 3.78. The van der Waals surface area contributed by atoms with E-state index in [2.05, 4.69) is 76.3 Å². The molecule has 0 atom stereocenters. The third-order valence-electron chi connectivity index (χ3n) is 4.27. The molecule has 2 aromatic carbocycles. The fraction of sp³-hybridized carbons (Fsp3) is 0.222. The molecule has 4 nitrogen and oxygen atoms in total. The van der Waals surface area contributed by atoms with E-state index < -0.39 is 0 Å². The molecule has 1 aliphatic rings. The Labute approximate surface area is 140 Å². The molecule has 0 spiro atoms. The third-order valence-corrected chi connectivity index (χ3v) is 5.04. The van der Waals surface area contributed by atoms with Gasteiger partial charge in [-0.25, -0.2) is 4.68 Å². The molecular weight excluding hydrogens is 304 g/mol. The van der Waals surface area contributed by atoms with Crippen molar-refractivity contribution < 1.29 is 0 Å².